The summed E-state index contributed by atoms with van der Waals surface area (Å²) in [4.78, 5) is 17.7. The number of piperidine rings is 1. The second-order valence-corrected chi connectivity index (χ2v) is 5.70. The van der Waals surface area contributed by atoms with Gasteiger partial charge in [-0.3, -0.25) is 4.99 Å². The van der Waals surface area contributed by atoms with Gasteiger partial charge >= 0.3 is 6.09 Å². The van der Waals surface area contributed by atoms with Crippen LogP contribution in [-0.2, 0) is 4.74 Å². The molecule has 1 heterocycles. The van der Waals surface area contributed by atoms with E-state index >= 15 is 0 Å². The SMILES string of the molecule is CC(C)(C)OC(=O)N1CCCC(CN=C(N)N)C1. The second kappa shape index (κ2) is 5.93. The Morgan fingerprint density at radius 1 is 1.44 bits per heavy atom. The molecule has 1 fully saturated rings. The van der Waals surface area contributed by atoms with Gasteiger partial charge in [0.05, 0.1) is 0 Å². The van der Waals surface area contributed by atoms with Crippen molar-refractivity contribution in [3.8, 4) is 0 Å². The highest BCUT2D eigenvalue weighted by molar-refractivity contribution is 5.75. The van der Waals surface area contributed by atoms with E-state index in [0.29, 0.717) is 19.0 Å². The van der Waals surface area contributed by atoms with Gasteiger partial charge < -0.3 is 21.1 Å². The molecular formula is C12H24N4O2. The van der Waals surface area contributed by atoms with Crippen molar-refractivity contribution in [2.75, 3.05) is 19.6 Å². The summed E-state index contributed by atoms with van der Waals surface area (Å²) in [5.74, 6) is 0.415. The van der Waals surface area contributed by atoms with Crippen LogP contribution in [0.5, 0.6) is 0 Å². The molecule has 0 aromatic rings. The molecule has 0 aromatic heterocycles. The van der Waals surface area contributed by atoms with Gasteiger partial charge in [0.15, 0.2) is 5.96 Å². The number of ether oxygens (including phenoxy) is 1. The van der Waals surface area contributed by atoms with Crippen LogP contribution in [0, 0.1) is 5.92 Å². The van der Waals surface area contributed by atoms with Gasteiger partial charge in [0.25, 0.3) is 0 Å². The Labute approximate surface area is 108 Å². The molecule has 4 N–H and O–H groups in total. The number of likely N-dealkylation sites (tertiary alicyclic amines) is 1. The normalized spacial score (nSPS) is 20.4. The number of hydrogen-bond donors (Lipinski definition) is 2. The van der Waals surface area contributed by atoms with E-state index < -0.39 is 5.60 Å². The Hall–Kier alpha value is -1.46. The van der Waals surface area contributed by atoms with Crippen molar-refractivity contribution >= 4 is 12.1 Å². The van der Waals surface area contributed by atoms with E-state index in [9.17, 15) is 4.79 Å². The van der Waals surface area contributed by atoms with Crippen LogP contribution in [0.15, 0.2) is 4.99 Å². The maximum absolute atomic E-state index is 11.9. The van der Waals surface area contributed by atoms with Gasteiger partial charge in [-0.05, 0) is 39.5 Å². The molecule has 1 rings (SSSR count). The summed E-state index contributed by atoms with van der Waals surface area (Å²) >= 11 is 0. The molecule has 0 radical (unpaired) electrons. The highest BCUT2D eigenvalue weighted by Gasteiger charge is 2.27. The molecule has 0 aromatic carbocycles. The third-order valence-corrected chi connectivity index (χ3v) is 2.70. The third-order valence-electron chi connectivity index (χ3n) is 2.70. The molecule has 104 valence electrons. The number of aliphatic imine (C=N–C) groups is 1. The zero-order valence-electron chi connectivity index (χ0n) is 11.5. The molecule has 1 saturated heterocycles. The van der Waals surface area contributed by atoms with Crippen LogP contribution in [0.25, 0.3) is 0 Å². The minimum absolute atomic E-state index is 0.101. The second-order valence-electron chi connectivity index (χ2n) is 5.70. The molecule has 0 bridgehead atoms. The molecule has 1 unspecified atom stereocenters. The number of guanidine groups is 1. The van der Waals surface area contributed by atoms with Crippen LogP contribution in [-0.4, -0.2) is 42.2 Å². The Morgan fingerprint density at radius 2 is 2.11 bits per heavy atom. The van der Waals surface area contributed by atoms with Gasteiger partial charge in [0, 0.05) is 19.6 Å². The van der Waals surface area contributed by atoms with Crippen LogP contribution in [0.1, 0.15) is 33.6 Å². The molecule has 0 spiro atoms. The summed E-state index contributed by atoms with van der Waals surface area (Å²) in [6.45, 7) is 7.57. The van der Waals surface area contributed by atoms with Crippen molar-refractivity contribution in [3.05, 3.63) is 0 Å². The monoisotopic (exact) mass is 256 g/mol. The molecule has 1 aliphatic heterocycles. The quantitative estimate of drug-likeness (QED) is 0.567. The van der Waals surface area contributed by atoms with E-state index in [4.69, 9.17) is 16.2 Å². The van der Waals surface area contributed by atoms with Crippen molar-refractivity contribution in [2.45, 2.75) is 39.2 Å². The van der Waals surface area contributed by atoms with E-state index in [0.717, 1.165) is 19.4 Å². The minimum atomic E-state index is -0.454. The molecule has 1 aliphatic rings. The summed E-state index contributed by atoms with van der Waals surface area (Å²) in [6, 6.07) is 0. The van der Waals surface area contributed by atoms with Crippen molar-refractivity contribution < 1.29 is 9.53 Å². The number of nitrogens with zero attached hydrogens (tertiary/aromatic N) is 2. The van der Waals surface area contributed by atoms with Crippen molar-refractivity contribution in [3.63, 3.8) is 0 Å². The molecule has 0 aliphatic carbocycles. The molecule has 6 nitrogen and oxygen atoms in total. The van der Waals surface area contributed by atoms with Crippen LogP contribution in [0.3, 0.4) is 0 Å². The molecule has 1 amide bonds. The van der Waals surface area contributed by atoms with Crippen LogP contribution in [0.4, 0.5) is 4.79 Å². The van der Waals surface area contributed by atoms with E-state index in [-0.39, 0.29) is 12.1 Å². The van der Waals surface area contributed by atoms with Crippen LogP contribution < -0.4 is 11.5 Å². The summed E-state index contributed by atoms with van der Waals surface area (Å²) in [5, 5.41) is 0. The Kier molecular flexibility index (Phi) is 4.81. The molecule has 6 heteroatoms. The van der Waals surface area contributed by atoms with Gasteiger partial charge in [0.2, 0.25) is 0 Å². The lowest BCUT2D eigenvalue weighted by Crippen LogP contribution is -2.43. The third kappa shape index (κ3) is 5.25. The minimum Gasteiger partial charge on any atom is -0.444 e. The number of carbonyl (C=O) groups is 1. The molecular weight excluding hydrogens is 232 g/mol. The van der Waals surface area contributed by atoms with E-state index in [1.54, 1.807) is 4.90 Å². The standard InChI is InChI=1S/C12H24N4O2/c1-12(2,3)18-11(17)16-6-4-5-9(8-16)7-15-10(13)14/h9H,4-8H2,1-3H3,(H4,13,14,15). The first-order chi connectivity index (χ1) is 8.28. The number of hydrogen-bond acceptors (Lipinski definition) is 3. The average Bonchev–Trinajstić information content (AvgIpc) is 2.24. The lowest BCUT2D eigenvalue weighted by molar-refractivity contribution is 0.0171. The van der Waals surface area contributed by atoms with E-state index in [1.165, 1.54) is 0 Å². The first-order valence-electron chi connectivity index (χ1n) is 6.31. The largest absolute Gasteiger partial charge is 0.444 e. The summed E-state index contributed by atoms with van der Waals surface area (Å²) in [7, 11) is 0. The van der Waals surface area contributed by atoms with E-state index in [2.05, 4.69) is 4.99 Å². The number of nitrogens with two attached hydrogens (primary N) is 2. The van der Waals surface area contributed by atoms with Crippen molar-refractivity contribution in [1.29, 1.82) is 0 Å². The lowest BCUT2D eigenvalue weighted by Gasteiger charge is -2.33. The lowest BCUT2D eigenvalue weighted by atomic mass is 9.98. The molecule has 0 saturated carbocycles. The highest BCUT2D eigenvalue weighted by Crippen LogP contribution is 2.19. The number of rotatable bonds is 2. The van der Waals surface area contributed by atoms with Gasteiger partial charge in [-0.2, -0.15) is 0 Å². The fourth-order valence-electron chi connectivity index (χ4n) is 1.94. The smallest absolute Gasteiger partial charge is 0.410 e. The zero-order chi connectivity index (χ0) is 13.8. The Morgan fingerprint density at radius 3 is 2.67 bits per heavy atom. The predicted octanol–water partition coefficient (Wildman–Crippen LogP) is 0.907. The summed E-state index contributed by atoms with van der Waals surface area (Å²) in [6.07, 6.45) is 1.75. The Balaban J connectivity index is 2.48. The predicted molar refractivity (Wildman–Crippen MR) is 71.2 cm³/mol. The maximum atomic E-state index is 11.9. The van der Waals surface area contributed by atoms with Crippen LogP contribution in [0.2, 0.25) is 0 Å². The number of carbonyl (C=O) groups excluding carboxylic acids is 1. The average molecular weight is 256 g/mol. The zero-order valence-corrected chi connectivity index (χ0v) is 11.5. The van der Waals surface area contributed by atoms with Gasteiger partial charge in [-0.15, -0.1) is 0 Å². The Bertz CT molecular complexity index is 319. The first kappa shape index (κ1) is 14.6. The fourth-order valence-corrected chi connectivity index (χ4v) is 1.94. The van der Waals surface area contributed by atoms with Gasteiger partial charge in [-0.25, -0.2) is 4.79 Å². The highest BCUT2D eigenvalue weighted by atomic mass is 16.6. The number of amides is 1. The molecule has 1 atom stereocenters. The fraction of sp³-hybridized carbons (Fsp3) is 0.833. The topological polar surface area (TPSA) is 93.9 Å². The van der Waals surface area contributed by atoms with Crippen LogP contribution >= 0.6 is 0 Å². The maximum Gasteiger partial charge on any atom is 0.410 e. The summed E-state index contributed by atoms with van der Waals surface area (Å²) < 4.78 is 5.35. The summed E-state index contributed by atoms with van der Waals surface area (Å²) in [5.41, 5.74) is 10.2. The van der Waals surface area contributed by atoms with Gasteiger partial charge in [-0.1, -0.05) is 0 Å². The van der Waals surface area contributed by atoms with Crippen molar-refractivity contribution in [1.82, 2.24) is 4.90 Å². The van der Waals surface area contributed by atoms with Gasteiger partial charge in [0.1, 0.15) is 5.60 Å². The first-order valence-corrected chi connectivity index (χ1v) is 6.31. The van der Waals surface area contributed by atoms with Crippen molar-refractivity contribution in [2.24, 2.45) is 22.4 Å². The molecule has 18 heavy (non-hydrogen) atoms. The van der Waals surface area contributed by atoms with E-state index in [1.807, 2.05) is 20.8 Å².